The van der Waals surface area contributed by atoms with Crippen LogP contribution in [0.5, 0.6) is 17.2 Å². The lowest BCUT2D eigenvalue weighted by atomic mass is 9.98. The molecule has 2 aromatic carbocycles. The molecule has 1 aliphatic rings. The minimum Gasteiger partial charge on any atom is -0.493 e. The van der Waals surface area contributed by atoms with E-state index in [0.29, 0.717) is 49.1 Å². The van der Waals surface area contributed by atoms with Gasteiger partial charge in [-0.1, -0.05) is 12.1 Å². The molecule has 0 aliphatic carbocycles. The summed E-state index contributed by atoms with van der Waals surface area (Å²) in [5.41, 5.74) is 2.69. The number of ether oxygens (including phenoxy) is 3. The number of rotatable bonds is 7. The topological polar surface area (TPSA) is 77.1 Å². The quantitative estimate of drug-likeness (QED) is 0.726. The molecule has 0 unspecified atom stereocenters. The number of hydrogen-bond donors (Lipinski definition) is 1. The molecule has 0 spiro atoms. The fraction of sp³-hybridized carbons (Fsp3) is 0.364. The predicted molar refractivity (Wildman–Crippen MR) is 110 cm³/mol. The average molecular weight is 398 g/mol. The van der Waals surface area contributed by atoms with Crippen LogP contribution in [0.2, 0.25) is 0 Å². The molecule has 1 aliphatic heterocycles. The second kappa shape index (κ2) is 9.32. The Bertz CT molecular complexity index is 897. The Morgan fingerprint density at radius 1 is 1.03 bits per heavy atom. The van der Waals surface area contributed by atoms with Gasteiger partial charge in [-0.25, -0.2) is 0 Å². The molecule has 0 atom stereocenters. The molecule has 3 rings (SSSR count). The number of fused-ring (bicyclic) bond motifs is 1. The average Bonchev–Trinajstić information content (AvgIpc) is 2.73. The van der Waals surface area contributed by atoms with Gasteiger partial charge in [-0.15, -0.1) is 0 Å². The summed E-state index contributed by atoms with van der Waals surface area (Å²) in [4.78, 5) is 26.8. The van der Waals surface area contributed by atoms with E-state index in [9.17, 15) is 9.59 Å². The fourth-order valence-corrected chi connectivity index (χ4v) is 3.39. The molecule has 0 saturated heterocycles. The van der Waals surface area contributed by atoms with Gasteiger partial charge in [0, 0.05) is 13.1 Å². The Morgan fingerprint density at radius 2 is 1.72 bits per heavy atom. The van der Waals surface area contributed by atoms with Gasteiger partial charge < -0.3 is 24.4 Å². The Kier molecular flexibility index (Phi) is 6.59. The number of carbonyl (C=O) groups excluding carboxylic acids is 2. The van der Waals surface area contributed by atoms with E-state index in [1.54, 1.807) is 31.3 Å². The number of methoxy groups -OCH3 is 2. The molecule has 0 radical (unpaired) electrons. The van der Waals surface area contributed by atoms with Gasteiger partial charge >= 0.3 is 0 Å². The maximum atomic E-state index is 12.7. The van der Waals surface area contributed by atoms with Crippen LogP contribution in [0.1, 0.15) is 24.5 Å². The van der Waals surface area contributed by atoms with Gasteiger partial charge in [0.2, 0.25) is 11.8 Å². The summed E-state index contributed by atoms with van der Waals surface area (Å²) in [5, 5.41) is 2.77. The first-order valence-electron chi connectivity index (χ1n) is 9.59. The molecule has 7 nitrogen and oxygen atoms in total. The minimum absolute atomic E-state index is 0.211. The van der Waals surface area contributed by atoms with Crippen molar-refractivity contribution in [2.75, 3.05) is 32.7 Å². The Hall–Kier alpha value is -3.22. The normalized spacial score (nSPS) is 12.7. The van der Waals surface area contributed by atoms with E-state index in [0.717, 1.165) is 11.1 Å². The first-order valence-corrected chi connectivity index (χ1v) is 9.59. The predicted octanol–water partition coefficient (Wildman–Crippen LogP) is 3.02. The highest BCUT2D eigenvalue weighted by Gasteiger charge is 2.24. The first kappa shape index (κ1) is 20.5. The van der Waals surface area contributed by atoms with Crippen molar-refractivity contribution in [1.29, 1.82) is 0 Å². The van der Waals surface area contributed by atoms with Gasteiger partial charge in [0.05, 0.1) is 26.5 Å². The molecule has 0 bridgehead atoms. The van der Waals surface area contributed by atoms with Gasteiger partial charge in [-0.2, -0.15) is 0 Å². The number of nitrogens with one attached hydrogen (secondary N) is 1. The third-order valence-corrected chi connectivity index (χ3v) is 4.84. The van der Waals surface area contributed by atoms with Crippen LogP contribution in [-0.4, -0.2) is 44.1 Å². The molecule has 0 fully saturated rings. The van der Waals surface area contributed by atoms with E-state index in [4.69, 9.17) is 14.2 Å². The highest BCUT2D eigenvalue weighted by molar-refractivity contribution is 6.04. The van der Waals surface area contributed by atoms with Gasteiger partial charge in [0.15, 0.2) is 11.5 Å². The smallest absolute Gasteiger partial charge is 0.233 e. The highest BCUT2D eigenvalue weighted by Crippen LogP contribution is 2.33. The summed E-state index contributed by atoms with van der Waals surface area (Å²) in [6.45, 7) is 3.37. The standard InChI is InChI=1S/C22H26N2O5/c1-4-29-18-8-6-5-7-17(18)23-21(25)13-22(26)24-10-9-15-11-19(27-2)20(28-3)12-16(15)14-24/h5-8,11-12H,4,9-10,13-14H2,1-3H3,(H,23,25). The fourth-order valence-electron chi connectivity index (χ4n) is 3.39. The van der Waals surface area contributed by atoms with E-state index in [1.165, 1.54) is 0 Å². The van der Waals surface area contributed by atoms with Crippen LogP contribution in [0, 0.1) is 0 Å². The zero-order valence-electron chi connectivity index (χ0n) is 17.0. The van der Waals surface area contributed by atoms with Crippen LogP contribution in [-0.2, 0) is 22.6 Å². The highest BCUT2D eigenvalue weighted by atomic mass is 16.5. The third-order valence-electron chi connectivity index (χ3n) is 4.84. The number of anilines is 1. The molecular formula is C22H26N2O5. The van der Waals surface area contributed by atoms with Crippen molar-refractivity contribution in [3.8, 4) is 17.2 Å². The van der Waals surface area contributed by atoms with E-state index in [2.05, 4.69) is 5.32 Å². The van der Waals surface area contributed by atoms with E-state index in [1.807, 2.05) is 31.2 Å². The monoisotopic (exact) mass is 398 g/mol. The van der Waals surface area contributed by atoms with Crippen molar-refractivity contribution in [3.63, 3.8) is 0 Å². The number of hydrogen-bond acceptors (Lipinski definition) is 5. The minimum atomic E-state index is -0.361. The summed E-state index contributed by atoms with van der Waals surface area (Å²) in [6.07, 6.45) is 0.485. The van der Waals surface area contributed by atoms with Crippen LogP contribution < -0.4 is 19.5 Å². The lowest BCUT2D eigenvalue weighted by Crippen LogP contribution is -2.37. The number of benzene rings is 2. The van der Waals surface area contributed by atoms with Gasteiger partial charge in [0.1, 0.15) is 12.2 Å². The summed E-state index contributed by atoms with van der Waals surface area (Å²) in [7, 11) is 3.19. The van der Waals surface area contributed by atoms with E-state index < -0.39 is 0 Å². The summed E-state index contributed by atoms with van der Waals surface area (Å²) >= 11 is 0. The summed E-state index contributed by atoms with van der Waals surface area (Å²) < 4.78 is 16.2. The Labute approximate surface area is 170 Å². The maximum absolute atomic E-state index is 12.7. The van der Waals surface area contributed by atoms with E-state index in [-0.39, 0.29) is 18.2 Å². The lowest BCUT2D eigenvalue weighted by Gasteiger charge is -2.29. The number of para-hydroxylation sites is 2. The second-order valence-corrected chi connectivity index (χ2v) is 6.70. The van der Waals surface area contributed by atoms with Gasteiger partial charge in [0.25, 0.3) is 0 Å². The molecular weight excluding hydrogens is 372 g/mol. The van der Waals surface area contributed by atoms with E-state index >= 15 is 0 Å². The summed E-state index contributed by atoms with van der Waals surface area (Å²) in [5.74, 6) is 1.32. The van der Waals surface area contributed by atoms with Crippen molar-refractivity contribution < 1.29 is 23.8 Å². The third kappa shape index (κ3) is 4.80. The molecule has 29 heavy (non-hydrogen) atoms. The van der Waals surface area contributed by atoms with Gasteiger partial charge in [-0.3, -0.25) is 9.59 Å². The SMILES string of the molecule is CCOc1ccccc1NC(=O)CC(=O)N1CCc2cc(OC)c(OC)cc2C1. The largest absolute Gasteiger partial charge is 0.493 e. The van der Waals surface area contributed by atoms with Crippen molar-refractivity contribution in [2.24, 2.45) is 0 Å². The Balaban J connectivity index is 1.64. The van der Waals surface area contributed by atoms with Crippen LogP contribution in [0.4, 0.5) is 5.69 Å². The molecule has 1 N–H and O–H groups in total. The molecule has 2 amide bonds. The molecule has 0 saturated carbocycles. The zero-order chi connectivity index (χ0) is 20.8. The molecule has 154 valence electrons. The molecule has 0 aromatic heterocycles. The van der Waals surface area contributed by atoms with Crippen LogP contribution >= 0.6 is 0 Å². The molecule has 1 heterocycles. The van der Waals surface area contributed by atoms with Crippen molar-refractivity contribution in [3.05, 3.63) is 47.5 Å². The number of amides is 2. The van der Waals surface area contributed by atoms with Crippen molar-refractivity contribution >= 4 is 17.5 Å². The zero-order valence-corrected chi connectivity index (χ0v) is 17.0. The number of carbonyl (C=O) groups is 2. The lowest BCUT2D eigenvalue weighted by molar-refractivity contribution is -0.135. The Morgan fingerprint density at radius 3 is 2.41 bits per heavy atom. The van der Waals surface area contributed by atoms with Crippen molar-refractivity contribution in [1.82, 2.24) is 4.90 Å². The summed E-state index contributed by atoms with van der Waals surface area (Å²) in [6, 6.07) is 11.0. The second-order valence-electron chi connectivity index (χ2n) is 6.70. The molecule has 2 aromatic rings. The first-order chi connectivity index (χ1) is 14.0. The van der Waals surface area contributed by atoms with Crippen LogP contribution in [0.25, 0.3) is 0 Å². The van der Waals surface area contributed by atoms with Crippen LogP contribution in [0.15, 0.2) is 36.4 Å². The van der Waals surface area contributed by atoms with Gasteiger partial charge in [-0.05, 0) is 48.7 Å². The maximum Gasteiger partial charge on any atom is 0.233 e. The van der Waals surface area contributed by atoms with Crippen molar-refractivity contribution in [2.45, 2.75) is 26.3 Å². The molecule has 7 heteroatoms. The van der Waals surface area contributed by atoms with Crippen LogP contribution in [0.3, 0.4) is 0 Å². The number of nitrogens with zero attached hydrogens (tertiary/aromatic N) is 1.